The zero-order chi connectivity index (χ0) is 28.2. The van der Waals surface area contributed by atoms with Crippen LogP contribution < -0.4 is 16.2 Å². The Bertz CT molecular complexity index is 1500. The van der Waals surface area contributed by atoms with Gasteiger partial charge >= 0.3 is 6.03 Å². The van der Waals surface area contributed by atoms with E-state index in [0.29, 0.717) is 29.6 Å². The number of hydrogen-bond acceptors (Lipinski definition) is 4. The third kappa shape index (κ3) is 5.72. The number of aromatic nitrogens is 3. The average molecular weight is 540 g/mol. The summed E-state index contributed by atoms with van der Waals surface area (Å²) in [7, 11) is 3.47. The Morgan fingerprint density at radius 2 is 1.75 bits per heavy atom. The lowest BCUT2D eigenvalue weighted by atomic mass is 9.93. The minimum absolute atomic E-state index is 0.00317. The Morgan fingerprint density at radius 1 is 1.05 bits per heavy atom. The molecule has 0 aliphatic heterocycles. The van der Waals surface area contributed by atoms with Gasteiger partial charge in [0.25, 0.3) is 5.56 Å². The highest BCUT2D eigenvalue weighted by molar-refractivity contribution is 5.91. The van der Waals surface area contributed by atoms with Crippen molar-refractivity contribution in [3.05, 3.63) is 100.0 Å². The van der Waals surface area contributed by atoms with E-state index < -0.39 is 0 Å². The number of anilines is 1. The van der Waals surface area contributed by atoms with Crippen LogP contribution in [0.1, 0.15) is 41.9 Å². The molecule has 1 saturated carbocycles. The maximum Gasteiger partial charge on any atom is 0.320 e. The van der Waals surface area contributed by atoms with Gasteiger partial charge in [-0.3, -0.25) is 10.1 Å². The van der Waals surface area contributed by atoms with Crippen molar-refractivity contribution in [2.75, 3.05) is 19.0 Å². The van der Waals surface area contributed by atoms with Gasteiger partial charge < -0.3 is 14.6 Å². The first-order valence-electron chi connectivity index (χ1n) is 13.8. The molecule has 0 spiro atoms. The number of aryl methyl sites for hydroxylation is 2. The molecule has 1 aliphatic carbocycles. The number of nitrogens with zero attached hydrogens (tertiary/aromatic N) is 3. The van der Waals surface area contributed by atoms with Crippen LogP contribution in [0.25, 0.3) is 16.9 Å². The number of ether oxygens (including phenoxy) is 1. The van der Waals surface area contributed by atoms with Crippen molar-refractivity contribution in [3.63, 3.8) is 0 Å². The van der Waals surface area contributed by atoms with E-state index in [2.05, 4.69) is 34.9 Å². The van der Waals surface area contributed by atoms with Crippen LogP contribution in [0, 0.1) is 19.8 Å². The molecule has 2 N–H and O–H groups in total. The van der Waals surface area contributed by atoms with Crippen LogP contribution in [0.5, 0.6) is 0 Å². The number of para-hydroxylation sites is 1. The first kappa shape index (κ1) is 27.4. The van der Waals surface area contributed by atoms with Crippen LogP contribution in [-0.4, -0.2) is 40.1 Å². The van der Waals surface area contributed by atoms with Gasteiger partial charge in [-0.2, -0.15) is 5.10 Å². The van der Waals surface area contributed by atoms with Gasteiger partial charge in [-0.05, 0) is 62.8 Å². The van der Waals surface area contributed by atoms with Crippen molar-refractivity contribution in [2.24, 2.45) is 13.0 Å². The normalized spacial score (nSPS) is 18.6. The van der Waals surface area contributed by atoms with E-state index >= 15 is 0 Å². The fourth-order valence-corrected chi connectivity index (χ4v) is 5.88. The standard InChI is InChI=1S/C32H37N5O3/c1-21-17-25(20-36(3)31(21)38)29-22(2)30(37(35-29)26-13-9-6-10-14-26)34-32(39)33-28-19-23(15-16-40-4)18-27(28)24-11-7-5-8-12-24/h5-14,17,20,23,27-28H,15-16,18-19H2,1-4H3,(H2,33,34,39)/t23-,27-,28+/m0/s1. The molecule has 2 aromatic carbocycles. The van der Waals surface area contributed by atoms with Crippen LogP contribution >= 0.6 is 0 Å². The van der Waals surface area contributed by atoms with Gasteiger partial charge in [-0.15, -0.1) is 0 Å². The van der Waals surface area contributed by atoms with Crippen molar-refractivity contribution in [1.29, 1.82) is 0 Å². The lowest BCUT2D eigenvalue weighted by Crippen LogP contribution is -2.40. The number of benzene rings is 2. The van der Waals surface area contributed by atoms with Gasteiger partial charge in [0.1, 0.15) is 5.82 Å². The summed E-state index contributed by atoms with van der Waals surface area (Å²) in [5.41, 5.74) is 5.01. The van der Waals surface area contributed by atoms with Crippen molar-refractivity contribution >= 4 is 11.8 Å². The molecule has 2 amide bonds. The monoisotopic (exact) mass is 539 g/mol. The Balaban J connectivity index is 1.45. The number of amides is 2. The highest BCUT2D eigenvalue weighted by Gasteiger charge is 2.36. The smallest absolute Gasteiger partial charge is 0.320 e. The molecule has 4 aromatic rings. The molecule has 1 fully saturated rings. The zero-order valence-electron chi connectivity index (χ0n) is 23.6. The summed E-state index contributed by atoms with van der Waals surface area (Å²) in [6.07, 6.45) is 4.67. The molecule has 2 heterocycles. The molecule has 0 bridgehead atoms. The highest BCUT2D eigenvalue weighted by atomic mass is 16.5. The van der Waals surface area contributed by atoms with Gasteiger partial charge in [0.05, 0.1) is 11.4 Å². The summed E-state index contributed by atoms with van der Waals surface area (Å²) >= 11 is 0. The quantitative estimate of drug-likeness (QED) is 0.306. The average Bonchev–Trinajstić information content (AvgIpc) is 3.51. The van der Waals surface area contributed by atoms with E-state index in [0.717, 1.165) is 36.1 Å². The molecule has 0 unspecified atom stereocenters. The summed E-state index contributed by atoms with van der Waals surface area (Å²) in [6, 6.07) is 21.7. The van der Waals surface area contributed by atoms with Crippen LogP contribution in [-0.2, 0) is 11.8 Å². The summed E-state index contributed by atoms with van der Waals surface area (Å²) in [4.78, 5) is 25.9. The van der Waals surface area contributed by atoms with Gasteiger partial charge in [-0.25, -0.2) is 9.48 Å². The molecular formula is C32H37N5O3. The number of urea groups is 1. The number of carbonyl (C=O) groups excluding carboxylic acids is 1. The van der Waals surface area contributed by atoms with E-state index in [4.69, 9.17) is 9.84 Å². The largest absolute Gasteiger partial charge is 0.385 e. The van der Waals surface area contributed by atoms with E-state index in [9.17, 15) is 9.59 Å². The van der Waals surface area contributed by atoms with E-state index in [1.54, 1.807) is 36.5 Å². The molecule has 1 aliphatic rings. The van der Waals surface area contributed by atoms with E-state index in [1.165, 1.54) is 5.56 Å². The zero-order valence-corrected chi connectivity index (χ0v) is 23.6. The molecule has 8 nitrogen and oxygen atoms in total. The number of rotatable bonds is 8. The predicted octanol–water partition coefficient (Wildman–Crippen LogP) is 5.58. The van der Waals surface area contributed by atoms with Crippen molar-refractivity contribution < 1.29 is 9.53 Å². The lowest BCUT2D eigenvalue weighted by Gasteiger charge is -2.22. The molecule has 208 valence electrons. The first-order chi connectivity index (χ1) is 19.4. The fourth-order valence-electron chi connectivity index (χ4n) is 5.88. The first-order valence-corrected chi connectivity index (χ1v) is 13.8. The lowest BCUT2D eigenvalue weighted by molar-refractivity contribution is 0.177. The summed E-state index contributed by atoms with van der Waals surface area (Å²) in [6.45, 7) is 4.46. The number of pyridine rings is 1. The number of methoxy groups -OCH3 is 1. The third-order valence-corrected chi connectivity index (χ3v) is 7.93. The van der Waals surface area contributed by atoms with E-state index in [1.807, 2.05) is 49.4 Å². The minimum Gasteiger partial charge on any atom is -0.385 e. The molecule has 40 heavy (non-hydrogen) atoms. The second-order valence-electron chi connectivity index (χ2n) is 10.7. The van der Waals surface area contributed by atoms with Gasteiger partial charge in [0, 0.05) is 55.6 Å². The van der Waals surface area contributed by atoms with Gasteiger partial charge in [-0.1, -0.05) is 48.5 Å². The molecule has 0 saturated heterocycles. The maximum atomic E-state index is 13.6. The summed E-state index contributed by atoms with van der Waals surface area (Å²) < 4.78 is 8.66. The van der Waals surface area contributed by atoms with Crippen LogP contribution in [0.15, 0.2) is 77.7 Å². The van der Waals surface area contributed by atoms with Crippen molar-refractivity contribution in [2.45, 2.75) is 45.1 Å². The molecule has 0 radical (unpaired) electrons. The molecule has 8 heteroatoms. The second kappa shape index (κ2) is 11.9. The predicted molar refractivity (Wildman–Crippen MR) is 158 cm³/mol. The second-order valence-corrected chi connectivity index (χ2v) is 10.7. The molecule has 2 aromatic heterocycles. The van der Waals surface area contributed by atoms with Crippen LogP contribution in [0.2, 0.25) is 0 Å². The number of hydrogen-bond donors (Lipinski definition) is 2. The van der Waals surface area contributed by atoms with Crippen LogP contribution in [0.3, 0.4) is 0 Å². The van der Waals surface area contributed by atoms with Gasteiger partial charge in [0.2, 0.25) is 0 Å². The number of nitrogens with one attached hydrogen (secondary N) is 2. The Morgan fingerprint density at radius 3 is 2.42 bits per heavy atom. The third-order valence-electron chi connectivity index (χ3n) is 7.93. The maximum absolute atomic E-state index is 13.6. The Labute approximate surface area is 235 Å². The van der Waals surface area contributed by atoms with Crippen molar-refractivity contribution in [3.8, 4) is 16.9 Å². The minimum atomic E-state index is -0.262. The topological polar surface area (TPSA) is 90.2 Å². The van der Waals surface area contributed by atoms with Crippen LogP contribution in [0.4, 0.5) is 10.6 Å². The summed E-state index contributed by atoms with van der Waals surface area (Å²) in [5, 5.41) is 11.3. The summed E-state index contributed by atoms with van der Waals surface area (Å²) in [5.74, 6) is 1.31. The molecule has 3 atom stereocenters. The van der Waals surface area contributed by atoms with Gasteiger partial charge in [0.15, 0.2) is 0 Å². The van der Waals surface area contributed by atoms with Crippen molar-refractivity contribution in [1.82, 2.24) is 19.7 Å². The number of carbonyl (C=O) groups is 1. The highest BCUT2D eigenvalue weighted by Crippen LogP contribution is 2.40. The molecule has 5 rings (SSSR count). The Kier molecular flexibility index (Phi) is 8.16. The van der Waals surface area contributed by atoms with E-state index in [-0.39, 0.29) is 23.6 Å². The Hall–Kier alpha value is -4.17. The SMILES string of the molecule is COCC[C@@H]1C[C@@H](NC(=O)Nc2c(C)c(-c3cc(C)c(=O)n(C)c3)nn2-c2ccccc2)[C@H](c2ccccc2)C1. The molecular weight excluding hydrogens is 502 g/mol. The fraction of sp³-hybridized carbons (Fsp3) is 0.344.